The van der Waals surface area contributed by atoms with Crippen LogP contribution in [0.1, 0.15) is 16.3 Å². The van der Waals surface area contributed by atoms with E-state index in [2.05, 4.69) is 4.74 Å². The first-order valence-corrected chi connectivity index (χ1v) is 3.82. The number of nitrogens with two attached hydrogens (primary N) is 1. The summed E-state index contributed by atoms with van der Waals surface area (Å²) < 4.78 is 9.59. The number of hydrogen-bond acceptors (Lipinski definition) is 4. The summed E-state index contributed by atoms with van der Waals surface area (Å²) in [5.74, 6) is 0.303. The van der Waals surface area contributed by atoms with E-state index in [0.29, 0.717) is 12.3 Å². The van der Waals surface area contributed by atoms with Crippen molar-refractivity contribution in [1.82, 2.24) is 0 Å². The molecule has 0 aromatic carbocycles. The summed E-state index contributed by atoms with van der Waals surface area (Å²) in [6.45, 7) is 0.439. The summed E-state index contributed by atoms with van der Waals surface area (Å²) >= 11 is 0. The molecule has 70 valence electrons. The van der Waals surface area contributed by atoms with Gasteiger partial charge in [0, 0.05) is 6.54 Å². The van der Waals surface area contributed by atoms with Crippen LogP contribution in [-0.2, 0) is 4.74 Å². The number of rotatable bonds is 3. The quantitative estimate of drug-likeness (QED) is 0.707. The normalized spacial score (nSPS) is 10.6. The monoisotopic (exact) mass is 181 g/mol. The molecular weight excluding hydrogens is 170 g/mol. The highest BCUT2D eigenvalue weighted by Gasteiger charge is 2.08. The van der Waals surface area contributed by atoms with Crippen LogP contribution in [0, 0.1) is 0 Å². The van der Waals surface area contributed by atoms with Crippen LogP contribution in [0.4, 0.5) is 0 Å². The number of esters is 1. The van der Waals surface area contributed by atoms with Crippen molar-refractivity contribution in [1.29, 1.82) is 0 Å². The molecule has 0 amide bonds. The fourth-order valence-electron chi connectivity index (χ4n) is 0.837. The first-order chi connectivity index (χ1) is 6.27. The molecule has 0 unspecified atom stereocenters. The van der Waals surface area contributed by atoms with Gasteiger partial charge in [-0.25, -0.2) is 4.79 Å². The van der Waals surface area contributed by atoms with Crippen LogP contribution in [0.5, 0.6) is 0 Å². The molecule has 0 saturated heterocycles. The van der Waals surface area contributed by atoms with Gasteiger partial charge in [-0.15, -0.1) is 0 Å². The van der Waals surface area contributed by atoms with Crippen molar-refractivity contribution in [2.24, 2.45) is 5.73 Å². The summed E-state index contributed by atoms with van der Waals surface area (Å²) in [6.07, 6.45) is 3.44. The van der Waals surface area contributed by atoms with Crippen molar-refractivity contribution < 1.29 is 13.9 Å². The van der Waals surface area contributed by atoms with Gasteiger partial charge in [-0.2, -0.15) is 0 Å². The Morgan fingerprint density at radius 2 is 2.46 bits per heavy atom. The number of ether oxygens (including phenoxy) is 1. The first-order valence-electron chi connectivity index (χ1n) is 3.82. The van der Waals surface area contributed by atoms with Crippen LogP contribution >= 0.6 is 0 Å². The molecule has 0 bridgehead atoms. The minimum atomic E-state index is -0.479. The zero-order valence-electron chi connectivity index (χ0n) is 7.32. The highest BCUT2D eigenvalue weighted by atomic mass is 16.5. The summed E-state index contributed by atoms with van der Waals surface area (Å²) in [5.41, 5.74) is 5.25. The second-order valence-electron chi connectivity index (χ2n) is 2.33. The van der Waals surface area contributed by atoms with Crippen LogP contribution < -0.4 is 5.73 Å². The highest BCUT2D eigenvalue weighted by molar-refractivity contribution is 5.86. The maximum atomic E-state index is 10.9. The van der Waals surface area contributed by atoms with Gasteiger partial charge in [-0.1, -0.05) is 6.08 Å². The van der Waals surface area contributed by atoms with Gasteiger partial charge in [0.1, 0.15) is 5.76 Å². The third kappa shape index (κ3) is 2.45. The van der Waals surface area contributed by atoms with E-state index in [9.17, 15) is 4.79 Å². The van der Waals surface area contributed by atoms with E-state index in [1.54, 1.807) is 24.3 Å². The maximum Gasteiger partial charge on any atom is 0.373 e. The van der Waals surface area contributed by atoms with Gasteiger partial charge in [-0.3, -0.25) is 0 Å². The molecule has 0 saturated carbocycles. The Hall–Kier alpha value is -1.55. The molecule has 1 rings (SSSR count). The van der Waals surface area contributed by atoms with Crippen LogP contribution in [0.2, 0.25) is 0 Å². The van der Waals surface area contributed by atoms with Gasteiger partial charge >= 0.3 is 5.97 Å². The van der Waals surface area contributed by atoms with E-state index in [0.717, 1.165) is 0 Å². The Labute approximate surface area is 76.0 Å². The van der Waals surface area contributed by atoms with E-state index in [1.807, 2.05) is 0 Å². The zero-order valence-corrected chi connectivity index (χ0v) is 7.32. The van der Waals surface area contributed by atoms with Gasteiger partial charge < -0.3 is 14.9 Å². The Balaban J connectivity index is 2.74. The molecule has 4 heteroatoms. The molecule has 13 heavy (non-hydrogen) atoms. The SMILES string of the molecule is COC(=O)c1ccc(/C=C/CN)o1. The fourth-order valence-corrected chi connectivity index (χ4v) is 0.837. The second-order valence-corrected chi connectivity index (χ2v) is 2.33. The molecule has 0 aliphatic carbocycles. The number of furan rings is 1. The van der Waals surface area contributed by atoms with E-state index in [4.69, 9.17) is 10.2 Å². The zero-order chi connectivity index (χ0) is 9.68. The largest absolute Gasteiger partial charge is 0.463 e. The molecule has 0 radical (unpaired) electrons. The molecule has 0 fully saturated rings. The predicted octanol–water partition coefficient (Wildman–Crippen LogP) is 1.04. The third-order valence-corrected chi connectivity index (χ3v) is 1.43. The number of hydrogen-bond donors (Lipinski definition) is 1. The molecule has 0 spiro atoms. The van der Waals surface area contributed by atoms with Crippen LogP contribution in [-0.4, -0.2) is 19.6 Å². The standard InChI is InChI=1S/C9H11NO3/c1-12-9(11)8-5-4-7(13-8)3-2-6-10/h2-5H,6,10H2,1H3/b3-2+. The maximum absolute atomic E-state index is 10.9. The van der Waals surface area contributed by atoms with Crippen LogP contribution in [0.15, 0.2) is 22.6 Å². The Kier molecular flexibility index (Phi) is 3.28. The van der Waals surface area contributed by atoms with Crippen molar-refractivity contribution >= 4 is 12.0 Å². The number of carbonyl (C=O) groups excluding carboxylic acids is 1. The molecule has 2 N–H and O–H groups in total. The summed E-state index contributed by atoms with van der Waals surface area (Å²) in [5, 5.41) is 0. The predicted molar refractivity (Wildman–Crippen MR) is 48.1 cm³/mol. The van der Waals surface area contributed by atoms with E-state index in [-0.39, 0.29) is 5.76 Å². The third-order valence-electron chi connectivity index (χ3n) is 1.43. The van der Waals surface area contributed by atoms with Gasteiger partial charge in [0.2, 0.25) is 5.76 Å². The molecule has 1 aromatic heterocycles. The smallest absolute Gasteiger partial charge is 0.373 e. The Bertz CT molecular complexity index is 314. The summed E-state index contributed by atoms with van der Waals surface area (Å²) in [6, 6.07) is 3.24. The number of methoxy groups -OCH3 is 1. The minimum Gasteiger partial charge on any atom is -0.463 e. The lowest BCUT2D eigenvalue weighted by atomic mass is 10.4. The second kappa shape index (κ2) is 4.47. The number of carbonyl (C=O) groups is 1. The van der Waals surface area contributed by atoms with E-state index in [1.165, 1.54) is 7.11 Å². The van der Waals surface area contributed by atoms with Gasteiger partial charge in [0.05, 0.1) is 7.11 Å². The molecule has 0 aliphatic rings. The van der Waals surface area contributed by atoms with Gasteiger partial charge in [-0.05, 0) is 18.2 Å². The fraction of sp³-hybridized carbons (Fsp3) is 0.222. The molecule has 0 atom stereocenters. The molecule has 1 aromatic rings. The van der Waals surface area contributed by atoms with Crippen molar-refractivity contribution in [3.63, 3.8) is 0 Å². The molecule has 1 heterocycles. The van der Waals surface area contributed by atoms with Crippen molar-refractivity contribution in [2.75, 3.05) is 13.7 Å². The average molecular weight is 181 g/mol. The van der Waals surface area contributed by atoms with Gasteiger partial charge in [0.15, 0.2) is 0 Å². The van der Waals surface area contributed by atoms with Crippen molar-refractivity contribution in [3.8, 4) is 0 Å². The topological polar surface area (TPSA) is 65.5 Å². The Morgan fingerprint density at radius 3 is 3.08 bits per heavy atom. The van der Waals surface area contributed by atoms with Crippen LogP contribution in [0.25, 0.3) is 6.08 Å². The molecular formula is C9H11NO3. The summed E-state index contributed by atoms with van der Waals surface area (Å²) in [7, 11) is 1.31. The minimum absolute atomic E-state index is 0.194. The molecule has 4 nitrogen and oxygen atoms in total. The average Bonchev–Trinajstić information content (AvgIpc) is 2.62. The molecule has 0 aliphatic heterocycles. The summed E-state index contributed by atoms with van der Waals surface area (Å²) in [4.78, 5) is 10.9. The lowest BCUT2D eigenvalue weighted by Gasteiger charge is -1.91. The first kappa shape index (κ1) is 9.54. The lowest BCUT2D eigenvalue weighted by molar-refractivity contribution is 0.0564. The van der Waals surface area contributed by atoms with Gasteiger partial charge in [0.25, 0.3) is 0 Å². The van der Waals surface area contributed by atoms with Crippen molar-refractivity contribution in [2.45, 2.75) is 0 Å². The lowest BCUT2D eigenvalue weighted by Crippen LogP contribution is -1.98. The van der Waals surface area contributed by atoms with E-state index < -0.39 is 5.97 Å². The van der Waals surface area contributed by atoms with E-state index >= 15 is 0 Å². The van der Waals surface area contributed by atoms with Crippen molar-refractivity contribution in [3.05, 3.63) is 29.7 Å². The van der Waals surface area contributed by atoms with Crippen LogP contribution in [0.3, 0.4) is 0 Å². The highest BCUT2D eigenvalue weighted by Crippen LogP contribution is 2.10. The Morgan fingerprint density at radius 1 is 1.69 bits per heavy atom.